The first kappa shape index (κ1) is 31.9. The lowest BCUT2D eigenvalue weighted by atomic mass is 9.76. The first-order valence-corrected chi connectivity index (χ1v) is 16.2. The van der Waals surface area contributed by atoms with E-state index < -0.39 is 11.4 Å². The number of rotatable bonds is 11. The van der Waals surface area contributed by atoms with E-state index in [0.29, 0.717) is 37.2 Å². The molecule has 4 rings (SSSR count). The van der Waals surface area contributed by atoms with Gasteiger partial charge in [0.25, 0.3) is 0 Å². The van der Waals surface area contributed by atoms with E-state index >= 15 is 4.39 Å². The minimum atomic E-state index is -1.10. The van der Waals surface area contributed by atoms with E-state index in [9.17, 15) is 13.7 Å². The molecule has 2 aliphatic heterocycles. The fourth-order valence-electron chi connectivity index (χ4n) is 6.29. The Hall–Kier alpha value is -2.04. The Labute approximate surface area is 246 Å². The number of carbonyl (C=O) groups excluding carboxylic acids is 1. The number of nitrogens with zero attached hydrogens (tertiary/aromatic N) is 1. The summed E-state index contributed by atoms with van der Waals surface area (Å²) in [5.74, 6) is -0.776. The Kier molecular flexibility index (Phi) is 11.6. The van der Waals surface area contributed by atoms with Gasteiger partial charge in [-0.2, -0.15) is 0 Å². The molecule has 2 aromatic carbocycles. The van der Waals surface area contributed by atoms with Crippen molar-refractivity contribution in [3.8, 4) is 0 Å². The fraction of sp³-hybridized carbons (Fsp3) is 0.594. The second-order valence-corrected chi connectivity index (χ2v) is 13.5. The summed E-state index contributed by atoms with van der Waals surface area (Å²) in [6.07, 6.45) is 3.86. The van der Waals surface area contributed by atoms with Crippen LogP contribution < -0.4 is 10.6 Å². The van der Waals surface area contributed by atoms with Gasteiger partial charge in [0.05, 0.1) is 24.8 Å². The molecule has 0 aromatic heterocycles. The molecule has 6 nitrogen and oxygen atoms in total. The molecule has 2 aliphatic rings. The fourth-order valence-corrected chi connectivity index (χ4v) is 7.78. The monoisotopic (exact) mass is 589 g/mol. The van der Waals surface area contributed by atoms with Gasteiger partial charge in [-0.25, -0.2) is 8.78 Å². The number of anilines is 1. The van der Waals surface area contributed by atoms with Crippen LogP contribution in [0.15, 0.2) is 42.5 Å². The highest BCUT2D eigenvalue weighted by molar-refractivity contribution is 7.89. The second kappa shape index (κ2) is 14.9. The summed E-state index contributed by atoms with van der Waals surface area (Å²) >= 11 is -1.10. The summed E-state index contributed by atoms with van der Waals surface area (Å²) in [4.78, 5) is 13.5. The number of nitrogens with one attached hydrogen (secondary N) is 2. The maximum Gasteiger partial charge on any atom is 0.225 e. The van der Waals surface area contributed by atoms with Gasteiger partial charge < -0.3 is 19.9 Å². The van der Waals surface area contributed by atoms with Gasteiger partial charge in [0, 0.05) is 42.1 Å². The number of piperazine rings is 1. The lowest BCUT2D eigenvalue weighted by molar-refractivity contribution is -0.117. The topological polar surface area (TPSA) is 76.7 Å². The standard InChI is InChI=1S/C32H45F2N3O3S/c1-5-23(4)41(39)37-16-15-35-20-27(37)13-14-28-30(34)7-6-8-31(28)36-32(38)19-29(24-9-11-26(33)12-10-24)25-17-21(2)40-22(3)18-25/h6-12,21-23,25,27,29,35H,5,13-20H2,1-4H3,(H,36,38). The van der Waals surface area contributed by atoms with E-state index in [1.54, 1.807) is 24.3 Å². The third-order valence-corrected chi connectivity index (χ3v) is 10.5. The van der Waals surface area contributed by atoms with Crippen LogP contribution in [0.5, 0.6) is 0 Å². The Morgan fingerprint density at radius 3 is 2.56 bits per heavy atom. The van der Waals surface area contributed by atoms with E-state index in [-0.39, 0.29) is 59.3 Å². The van der Waals surface area contributed by atoms with E-state index in [1.165, 1.54) is 18.2 Å². The summed E-state index contributed by atoms with van der Waals surface area (Å²) in [7, 11) is 0. The van der Waals surface area contributed by atoms with E-state index in [1.807, 2.05) is 32.0 Å². The van der Waals surface area contributed by atoms with Crippen molar-refractivity contribution in [3.05, 3.63) is 65.2 Å². The van der Waals surface area contributed by atoms with Crippen molar-refractivity contribution in [2.75, 3.05) is 25.0 Å². The lowest BCUT2D eigenvalue weighted by Crippen LogP contribution is -2.55. The summed E-state index contributed by atoms with van der Waals surface area (Å²) in [5, 5.41) is 6.44. The zero-order valence-corrected chi connectivity index (χ0v) is 25.5. The third kappa shape index (κ3) is 8.51. The minimum Gasteiger partial charge on any atom is -0.598 e. The van der Waals surface area contributed by atoms with Gasteiger partial charge in [-0.05, 0) is 94.5 Å². The van der Waals surface area contributed by atoms with Gasteiger partial charge in [-0.15, -0.1) is 4.31 Å². The Morgan fingerprint density at radius 2 is 1.88 bits per heavy atom. The summed E-state index contributed by atoms with van der Waals surface area (Å²) in [6, 6.07) is 11.2. The van der Waals surface area contributed by atoms with Crippen LogP contribution in [0, 0.1) is 17.6 Å². The van der Waals surface area contributed by atoms with Gasteiger partial charge >= 0.3 is 0 Å². The van der Waals surface area contributed by atoms with Gasteiger partial charge in [-0.1, -0.05) is 25.1 Å². The Balaban J connectivity index is 1.48. The van der Waals surface area contributed by atoms with Gasteiger partial charge in [0.2, 0.25) is 5.91 Å². The number of halogens is 2. The van der Waals surface area contributed by atoms with Crippen LogP contribution in [0.3, 0.4) is 0 Å². The van der Waals surface area contributed by atoms with E-state index in [0.717, 1.165) is 31.4 Å². The first-order valence-electron chi connectivity index (χ1n) is 15.0. The lowest BCUT2D eigenvalue weighted by Gasteiger charge is -2.37. The van der Waals surface area contributed by atoms with Crippen LogP contribution >= 0.6 is 0 Å². The maximum atomic E-state index is 15.1. The average molecular weight is 590 g/mol. The van der Waals surface area contributed by atoms with Crippen LogP contribution in [0.1, 0.15) is 76.8 Å². The van der Waals surface area contributed by atoms with Crippen LogP contribution in [0.25, 0.3) is 0 Å². The van der Waals surface area contributed by atoms with Crippen molar-refractivity contribution in [1.29, 1.82) is 0 Å². The van der Waals surface area contributed by atoms with Crippen molar-refractivity contribution in [1.82, 2.24) is 9.62 Å². The largest absolute Gasteiger partial charge is 0.598 e. The average Bonchev–Trinajstić information content (AvgIpc) is 2.95. The van der Waals surface area contributed by atoms with Crippen LogP contribution in [-0.4, -0.2) is 57.9 Å². The molecule has 6 atom stereocenters. The van der Waals surface area contributed by atoms with E-state index in [4.69, 9.17) is 4.74 Å². The predicted molar refractivity (Wildman–Crippen MR) is 161 cm³/mol. The zero-order chi connectivity index (χ0) is 29.5. The van der Waals surface area contributed by atoms with Gasteiger partial charge in [0.15, 0.2) is 0 Å². The second-order valence-electron chi connectivity index (χ2n) is 11.7. The van der Waals surface area contributed by atoms with Crippen molar-refractivity contribution >= 4 is 23.0 Å². The molecule has 2 N–H and O–H groups in total. The quantitative estimate of drug-likeness (QED) is 0.317. The molecule has 0 spiro atoms. The van der Waals surface area contributed by atoms with Gasteiger partial charge in [-0.3, -0.25) is 4.79 Å². The number of hydrogen-bond acceptors (Lipinski definition) is 5. The molecular formula is C32H45F2N3O3S. The third-order valence-electron chi connectivity index (χ3n) is 8.57. The SMILES string of the molecule is CCC(C)[S+]([O-])N1CCNCC1CCc1c(F)cccc1NC(=O)CC(c1ccc(F)cc1)C1CC(C)OC(C)C1. The summed E-state index contributed by atoms with van der Waals surface area (Å²) < 4.78 is 49.9. The van der Waals surface area contributed by atoms with E-state index in [2.05, 4.69) is 10.6 Å². The number of carbonyl (C=O) groups is 1. The van der Waals surface area contributed by atoms with Crippen molar-refractivity contribution < 1.29 is 22.9 Å². The Morgan fingerprint density at radius 1 is 1.17 bits per heavy atom. The molecule has 0 bridgehead atoms. The molecule has 9 heteroatoms. The molecule has 2 saturated heterocycles. The Bertz CT molecular complexity index is 1130. The summed E-state index contributed by atoms with van der Waals surface area (Å²) in [5.41, 5.74) is 1.86. The maximum absolute atomic E-state index is 15.1. The number of hydrogen-bond donors (Lipinski definition) is 2. The van der Waals surface area contributed by atoms with Crippen molar-refractivity contribution in [3.63, 3.8) is 0 Å². The molecule has 41 heavy (non-hydrogen) atoms. The van der Waals surface area contributed by atoms with Crippen molar-refractivity contribution in [2.24, 2.45) is 5.92 Å². The molecule has 2 heterocycles. The zero-order valence-electron chi connectivity index (χ0n) is 24.7. The molecule has 2 aromatic rings. The highest BCUT2D eigenvalue weighted by Gasteiger charge is 2.35. The molecule has 2 fully saturated rings. The highest BCUT2D eigenvalue weighted by atomic mass is 32.2. The molecule has 0 radical (unpaired) electrons. The first-order chi connectivity index (χ1) is 19.7. The normalized spacial score (nSPS) is 25.8. The van der Waals surface area contributed by atoms with Crippen LogP contribution in [-0.2, 0) is 27.3 Å². The number of benzene rings is 2. The minimum absolute atomic E-state index is 0.0158. The summed E-state index contributed by atoms with van der Waals surface area (Å²) in [6.45, 7) is 10.3. The molecule has 226 valence electrons. The van der Waals surface area contributed by atoms with Gasteiger partial charge in [0.1, 0.15) is 16.9 Å². The van der Waals surface area contributed by atoms with Crippen molar-refractivity contribution in [2.45, 2.75) is 95.6 Å². The molecule has 6 unspecified atom stereocenters. The van der Waals surface area contributed by atoms with Crippen LogP contribution in [0.2, 0.25) is 0 Å². The molecule has 0 saturated carbocycles. The molecule has 0 aliphatic carbocycles. The number of amides is 1. The molecular weight excluding hydrogens is 544 g/mol. The molecule has 1 amide bonds. The highest BCUT2D eigenvalue weighted by Crippen LogP contribution is 2.39. The van der Waals surface area contributed by atoms with Crippen LogP contribution in [0.4, 0.5) is 14.5 Å². The smallest absolute Gasteiger partial charge is 0.225 e. The predicted octanol–water partition coefficient (Wildman–Crippen LogP) is 5.95. The number of ether oxygens (including phenoxy) is 1.